The number of ether oxygens (including phenoxy) is 2. The molecule has 0 saturated carbocycles. The molecule has 35 heavy (non-hydrogen) atoms. The third-order valence-electron chi connectivity index (χ3n) is 6.80. The first-order valence-corrected chi connectivity index (χ1v) is 12.1. The predicted octanol–water partition coefficient (Wildman–Crippen LogP) is 5.83. The van der Waals surface area contributed by atoms with E-state index in [4.69, 9.17) is 32.7 Å². The highest BCUT2D eigenvalue weighted by Crippen LogP contribution is 2.41. The summed E-state index contributed by atoms with van der Waals surface area (Å²) < 4.78 is 25.5. The van der Waals surface area contributed by atoms with E-state index in [-0.39, 0.29) is 10.0 Å². The summed E-state index contributed by atoms with van der Waals surface area (Å²) in [6, 6.07) is 9.65. The van der Waals surface area contributed by atoms with E-state index >= 15 is 0 Å². The molecular formula is C25H22Cl2FN5O2. The van der Waals surface area contributed by atoms with Gasteiger partial charge in [0.15, 0.2) is 0 Å². The maximum atomic E-state index is 13.9. The molecule has 6 rings (SSSR count). The van der Waals surface area contributed by atoms with Crippen molar-refractivity contribution in [3.05, 3.63) is 64.3 Å². The minimum Gasteiger partial charge on any atom is -0.486 e. The molecule has 5 heterocycles. The number of nitrogens with zero attached hydrogens (tertiary/aromatic N) is 4. The van der Waals surface area contributed by atoms with Crippen LogP contribution in [0.25, 0.3) is 22.2 Å². The van der Waals surface area contributed by atoms with Crippen LogP contribution in [0.1, 0.15) is 25.0 Å². The molecule has 3 aromatic heterocycles. The number of H-pyrrole nitrogens is 1. The zero-order chi connectivity index (χ0) is 24.2. The van der Waals surface area contributed by atoms with Crippen LogP contribution in [0.4, 0.5) is 10.2 Å². The molecule has 0 aliphatic carbocycles. The molecule has 2 aliphatic heterocycles. The van der Waals surface area contributed by atoms with Crippen LogP contribution in [-0.4, -0.2) is 46.5 Å². The molecule has 7 nitrogen and oxygen atoms in total. The fourth-order valence-electron chi connectivity index (χ4n) is 4.92. The van der Waals surface area contributed by atoms with Gasteiger partial charge in [-0.15, -0.1) is 0 Å². The summed E-state index contributed by atoms with van der Waals surface area (Å²) in [6.45, 7) is 5.43. The summed E-state index contributed by atoms with van der Waals surface area (Å²) in [5.41, 5.74) is 3.19. The molecule has 0 bridgehead atoms. The molecule has 0 radical (unpaired) electrons. The summed E-state index contributed by atoms with van der Waals surface area (Å²) >= 11 is 12.3. The third-order valence-corrected chi connectivity index (χ3v) is 7.46. The Labute approximate surface area is 211 Å². The average Bonchev–Trinajstić information content (AvgIpc) is 3.49. The zero-order valence-electron chi connectivity index (χ0n) is 18.9. The Morgan fingerprint density at radius 1 is 1.17 bits per heavy atom. The number of anilines is 1. The largest absolute Gasteiger partial charge is 0.486 e. The number of nitrogens with one attached hydrogen (secondary N) is 1. The van der Waals surface area contributed by atoms with Gasteiger partial charge >= 0.3 is 0 Å². The second kappa shape index (κ2) is 8.62. The highest BCUT2D eigenvalue weighted by molar-refractivity contribution is 6.35. The van der Waals surface area contributed by atoms with Crippen molar-refractivity contribution in [1.29, 1.82) is 0 Å². The van der Waals surface area contributed by atoms with E-state index in [1.807, 2.05) is 36.5 Å². The lowest BCUT2D eigenvalue weighted by Gasteiger charge is -2.47. The van der Waals surface area contributed by atoms with Crippen molar-refractivity contribution in [3.8, 4) is 17.0 Å². The fourth-order valence-corrected chi connectivity index (χ4v) is 5.56. The number of aromatic amines is 1. The SMILES string of the molecule is C[C@@H](Oc1ccc2[nH]nc(-c3ccc(N4CC5(CCOC5)C4)nc3)c2c1)c1c(Cl)cnc(F)c1Cl. The van der Waals surface area contributed by atoms with Gasteiger partial charge in [-0.2, -0.15) is 9.49 Å². The zero-order valence-corrected chi connectivity index (χ0v) is 20.4. The Kier molecular flexibility index (Phi) is 5.55. The number of hydrogen-bond donors (Lipinski definition) is 1. The number of rotatable bonds is 5. The summed E-state index contributed by atoms with van der Waals surface area (Å²) in [6.07, 6.45) is 3.61. The molecule has 1 N–H and O–H groups in total. The van der Waals surface area contributed by atoms with Crippen molar-refractivity contribution in [2.45, 2.75) is 19.4 Å². The number of pyridine rings is 2. The smallest absolute Gasteiger partial charge is 0.232 e. The van der Waals surface area contributed by atoms with Crippen molar-refractivity contribution in [2.75, 3.05) is 31.2 Å². The van der Waals surface area contributed by atoms with E-state index in [9.17, 15) is 4.39 Å². The summed E-state index contributed by atoms with van der Waals surface area (Å²) in [5.74, 6) is 0.753. The summed E-state index contributed by atoms with van der Waals surface area (Å²) in [7, 11) is 0. The molecule has 0 unspecified atom stereocenters. The molecule has 2 aliphatic rings. The van der Waals surface area contributed by atoms with Gasteiger partial charge in [0.25, 0.3) is 0 Å². The van der Waals surface area contributed by atoms with Gasteiger partial charge in [-0.3, -0.25) is 5.10 Å². The minimum absolute atomic E-state index is 0.144. The van der Waals surface area contributed by atoms with E-state index in [2.05, 4.69) is 25.1 Å². The lowest BCUT2D eigenvalue weighted by Crippen LogP contribution is -2.57. The minimum atomic E-state index is -0.782. The first kappa shape index (κ1) is 22.5. The normalized spacial score (nSPS) is 17.7. The molecule has 2 fully saturated rings. The number of benzene rings is 1. The Morgan fingerprint density at radius 3 is 2.77 bits per heavy atom. The second-order valence-electron chi connectivity index (χ2n) is 9.23. The average molecular weight is 514 g/mol. The lowest BCUT2D eigenvalue weighted by atomic mass is 9.79. The maximum Gasteiger partial charge on any atom is 0.232 e. The summed E-state index contributed by atoms with van der Waals surface area (Å²) in [4.78, 5) is 10.5. The number of fused-ring (bicyclic) bond motifs is 1. The topological polar surface area (TPSA) is 76.2 Å². The van der Waals surface area contributed by atoms with Crippen molar-refractivity contribution in [3.63, 3.8) is 0 Å². The Balaban J connectivity index is 1.23. The van der Waals surface area contributed by atoms with Crippen molar-refractivity contribution >= 4 is 39.9 Å². The van der Waals surface area contributed by atoms with Crippen LogP contribution in [0, 0.1) is 11.4 Å². The van der Waals surface area contributed by atoms with Crippen LogP contribution < -0.4 is 9.64 Å². The molecule has 1 atom stereocenters. The van der Waals surface area contributed by atoms with E-state index in [0.29, 0.717) is 16.7 Å². The number of hydrogen-bond acceptors (Lipinski definition) is 6. The van der Waals surface area contributed by atoms with Gasteiger partial charge in [-0.05, 0) is 43.7 Å². The standard InChI is InChI=1S/C25H22Cl2FN5O2/c1-14(21-18(26)10-30-24(28)22(21)27)35-16-3-4-19-17(8-16)23(32-31-19)15-2-5-20(29-9-15)33-11-25(12-33)6-7-34-13-25/h2-5,8-10,14H,6-7,11-13H2,1H3,(H,31,32)/t14-/m1/s1. The highest BCUT2D eigenvalue weighted by atomic mass is 35.5. The van der Waals surface area contributed by atoms with Crippen molar-refractivity contribution in [2.24, 2.45) is 5.41 Å². The maximum absolute atomic E-state index is 13.9. The second-order valence-corrected chi connectivity index (χ2v) is 10.0. The molecule has 1 aromatic carbocycles. The monoisotopic (exact) mass is 513 g/mol. The van der Waals surface area contributed by atoms with Gasteiger partial charge < -0.3 is 14.4 Å². The van der Waals surface area contributed by atoms with Crippen LogP contribution >= 0.6 is 23.2 Å². The molecule has 180 valence electrons. The van der Waals surface area contributed by atoms with Gasteiger partial charge in [0.1, 0.15) is 28.4 Å². The van der Waals surface area contributed by atoms with E-state index in [0.717, 1.165) is 60.7 Å². The molecule has 4 aromatic rings. The quantitative estimate of drug-likeness (QED) is 0.338. The Bertz CT molecular complexity index is 1400. The molecule has 2 saturated heterocycles. The van der Waals surface area contributed by atoms with E-state index in [1.54, 1.807) is 6.92 Å². The van der Waals surface area contributed by atoms with Crippen molar-refractivity contribution in [1.82, 2.24) is 20.2 Å². The van der Waals surface area contributed by atoms with Crippen LogP contribution in [0.5, 0.6) is 5.75 Å². The van der Waals surface area contributed by atoms with Crippen LogP contribution in [-0.2, 0) is 4.74 Å². The van der Waals surface area contributed by atoms with Gasteiger partial charge in [0.05, 0.1) is 17.1 Å². The first-order valence-electron chi connectivity index (χ1n) is 11.4. The van der Waals surface area contributed by atoms with Gasteiger partial charge in [0.2, 0.25) is 5.95 Å². The molecular weight excluding hydrogens is 492 g/mol. The van der Waals surface area contributed by atoms with Crippen LogP contribution in [0.15, 0.2) is 42.7 Å². The predicted molar refractivity (Wildman–Crippen MR) is 133 cm³/mol. The van der Waals surface area contributed by atoms with Gasteiger partial charge in [-0.25, -0.2) is 9.97 Å². The molecule has 1 spiro atoms. The van der Waals surface area contributed by atoms with Gasteiger partial charge in [0, 0.05) is 54.0 Å². The van der Waals surface area contributed by atoms with Crippen LogP contribution in [0.2, 0.25) is 10.0 Å². The van der Waals surface area contributed by atoms with Crippen LogP contribution in [0.3, 0.4) is 0 Å². The summed E-state index contributed by atoms with van der Waals surface area (Å²) in [5, 5.41) is 8.54. The number of halogens is 3. The van der Waals surface area contributed by atoms with Gasteiger partial charge in [-0.1, -0.05) is 23.2 Å². The Hall–Kier alpha value is -2.94. The lowest BCUT2D eigenvalue weighted by molar-refractivity contribution is 0.131. The molecule has 0 amide bonds. The molecule has 10 heteroatoms. The fraction of sp³-hybridized carbons (Fsp3) is 0.320. The van der Waals surface area contributed by atoms with Crippen molar-refractivity contribution < 1.29 is 13.9 Å². The van der Waals surface area contributed by atoms with E-state index < -0.39 is 12.1 Å². The third kappa shape index (κ3) is 3.99. The Morgan fingerprint density at radius 2 is 2.03 bits per heavy atom. The number of aromatic nitrogens is 4. The van der Waals surface area contributed by atoms with E-state index in [1.165, 1.54) is 6.20 Å². The highest BCUT2D eigenvalue weighted by Gasteiger charge is 2.46. The first-order chi connectivity index (χ1) is 16.9.